The number of aromatic nitrogens is 2. The maximum Gasteiger partial charge on any atom is 0.246 e. The summed E-state index contributed by atoms with van der Waals surface area (Å²) >= 11 is 0. The topological polar surface area (TPSA) is 67.2 Å². The van der Waals surface area contributed by atoms with E-state index in [4.69, 9.17) is 0 Å². The number of hydrogen-bond acceptors (Lipinski definition) is 4. The second-order valence-corrected chi connectivity index (χ2v) is 6.55. The Morgan fingerprint density at radius 3 is 2.74 bits per heavy atom. The lowest BCUT2D eigenvalue weighted by molar-refractivity contribution is 0.379. The standard InChI is InChI=1S/C11H20N4O2S.ClH/c1-9-11(8-13-14(9)3)18(16,17)15-6-4-5-10(15)7-12-2;/h8,10,12H,4-7H2,1-3H3;1H. The van der Waals surface area contributed by atoms with E-state index in [9.17, 15) is 8.42 Å². The van der Waals surface area contributed by atoms with Gasteiger partial charge in [-0.2, -0.15) is 9.40 Å². The average Bonchev–Trinajstić information content (AvgIpc) is 2.89. The number of likely N-dealkylation sites (N-methyl/N-ethyl adjacent to an activating group) is 1. The van der Waals surface area contributed by atoms with Crippen LogP contribution in [0.2, 0.25) is 0 Å². The summed E-state index contributed by atoms with van der Waals surface area (Å²) in [6.45, 7) is 3.07. The van der Waals surface area contributed by atoms with Crippen LogP contribution < -0.4 is 5.32 Å². The highest BCUT2D eigenvalue weighted by molar-refractivity contribution is 7.89. The lowest BCUT2D eigenvalue weighted by atomic mass is 10.2. The second-order valence-electron chi connectivity index (χ2n) is 4.69. The fourth-order valence-corrected chi connectivity index (χ4v) is 4.30. The molecule has 0 bridgehead atoms. The number of nitrogens with one attached hydrogen (secondary N) is 1. The van der Waals surface area contributed by atoms with Crippen molar-refractivity contribution in [2.45, 2.75) is 30.7 Å². The van der Waals surface area contributed by atoms with Gasteiger partial charge in [0.2, 0.25) is 10.0 Å². The first kappa shape index (κ1) is 16.4. The monoisotopic (exact) mass is 308 g/mol. The quantitative estimate of drug-likeness (QED) is 0.881. The third-order valence-corrected chi connectivity index (χ3v) is 5.59. The Morgan fingerprint density at radius 1 is 1.53 bits per heavy atom. The van der Waals surface area contributed by atoms with E-state index in [1.807, 2.05) is 7.05 Å². The summed E-state index contributed by atoms with van der Waals surface area (Å²) in [5, 5.41) is 7.08. The summed E-state index contributed by atoms with van der Waals surface area (Å²) in [6.07, 6.45) is 3.28. The lowest BCUT2D eigenvalue weighted by Gasteiger charge is -2.23. The largest absolute Gasteiger partial charge is 0.318 e. The van der Waals surface area contributed by atoms with Gasteiger partial charge in [0.05, 0.1) is 11.9 Å². The van der Waals surface area contributed by atoms with Crippen molar-refractivity contribution in [1.29, 1.82) is 0 Å². The van der Waals surface area contributed by atoms with Crippen LogP contribution in [0.3, 0.4) is 0 Å². The van der Waals surface area contributed by atoms with E-state index in [2.05, 4.69) is 10.4 Å². The minimum absolute atomic E-state index is 0. The zero-order chi connectivity index (χ0) is 13.3. The van der Waals surface area contributed by atoms with Crippen molar-refractivity contribution >= 4 is 22.4 Å². The number of aryl methyl sites for hydroxylation is 1. The molecule has 0 aliphatic carbocycles. The Bertz CT molecular complexity index is 529. The van der Waals surface area contributed by atoms with E-state index in [1.165, 1.54) is 6.20 Å². The van der Waals surface area contributed by atoms with E-state index in [1.54, 1.807) is 23.0 Å². The van der Waals surface area contributed by atoms with Crippen molar-refractivity contribution in [2.75, 3.05) is 20.1 Å². The Balaban J connectivity index is 0.00000180. The van der Waals surface area contributed by atoms with Crippen LogP contribution in [-0.4, -0.2) is 48.7 Å². The fraction of sp³-hybridized carbons (Fsp3) is 0.727. The molecule has 0 amide bonds. The highest BCUT2D eigenvalue weighted by atomic mass is 35.5. The predicted molar refractivity (Wildman–Crippen MR) is 76.0 cm³/mol. The van der Waals surface area contributed by atoms with Gasteiger partial charge in [-0.05, 0) is 26.8 Å². The highest BCUT2D eigenvalue weighted by Crippen LogP contribution is 2.27. The average molecular weight is 309 g/mol. The van der Waals surface area contributed by atoms with E-state index < -0.39 is 10.0 Å². The summed E-state index contributed by atoms with van der Waals surface area (Å²) < 4.78 is 28.4. The Labute approximate surface area is 120 Å². The Hall–Kier alpha value is -0.630. The molecule has 1 saturated heterocycles. The van der Waals surface area contributed by atoms with Crippen molar-refractivity contribution in [3.8, 4) is 0 Å². The number of halogens is 1. The second kappa shape index (κ2) is 6.21. The number of rotatable bonds is 4. The molecule has 1 aromatic heterocycles. The first-order valence-corrected chi connectivity index (χ1v) is 7.57. The molecule has 0 spiro atoms. The summed E-state index contributed by atoms with van der Waals surface area (Å²) in [4.78, 5) is 0.327. The van der Waals surface area contributed by atoms with Crippen molar-refractivity contribution in [3.05, 3.63) is 11.9 Å². The van der Waals surface area contributed by atoms with Gasteiger partial charge in [0, 0.05) is 26.2 Å². The van der Waals surface area contributed by atoms with Gasteiger partial charge in [0.25, 0.3) is 0 Å². The van der Waals surface area contributed by atoms with Crippen LogP contribution in [-0.2, 0) is 17.1 Å². The van der Waals surface area contributed by atoms with Crippen molar-refractivity contribution in [3.63, 3.8) is 0 Å². The molecule has 1 N–H and O–H groups in total. The molecule has 0 aromatic carbocycles. The van der Waals surface area contributed by atoms with Gasteiger partial charge in [-0.25, -0.2) is 8.42 Å². The number of nitrogens with zero attached hydrogens (tertiary/aromatic N) is 3. The maximum atomic E-state index is 12.6. The smallest absolute Gasteiger partial charge is 0.246 e. The zero-order valence-electron chi connectivity index (χ0n) is 11.5. The van der Waals surface area contributed by atoms with Crippen molar-refractivity contribution < 1.29 is 8.42 Å². The Kier molecular flexibility index (Phi) is 5.37. The van der Waals surface area contributed by atoms with E-state index in [0.29, 0.717) is 23.7 Å². The SMILES string of the molecule is CNCC1CCCN1S(=O)(=O)c1cnn(C)c1C.Cl. The van der Waals surface area contributed by atoms with Crippen LogP contribution in [0, 0.1) is 6.92 Å². The molecular weight excluding hydrogens is 288 g/mol. The molecule has 1 aliphatic heterocycles. The maximum absolute atomic E-state index is 12.6. The first-order chi connectivity index (χ1) is 8.48. The molecule has 19 heavy (non-hydrogen) atoms. The molecule has 1 fully saturated rings. The third kappa shape index (κ3) is 2.94. The molecule has 0 saturated carbocycles. The molecule has 0 radical (unpaired) electrons. The van der Waals surface area contributed by atoms with Gasteiger partial charge in [0.1, 0.15) is 4.90 Å². The fourth-order valence-electron chi connectivity index (χ4n) is 2.42. The lowest BCUT2D eigenvalue weighted by Crippen LogP contribution is -2.40. The normalized spacial score (nSPS) is 20.5. The van der Waals surface area contributed by atoms with Crippen LogP contribution in [0.25, 0.3) is 0 Å². The number of hydrogen-bond donors (Lipinski definition) is 1. The van der Waals surface area contributed by atoms with Gasteiger partial charge in [-0.3, -0.25) is 4.68 Å². The number of sulfonamides is 1. The van der Waals surface area contributed by atoms with E-state index in [0.717, 1.165) is 12.8 Å². The molecule has 1 aromatic rings. The molecule has 1 unspecified atom stereocenters. The van der Waals surface area contributed by atoms with Crippen LogP contribution in [0.5, 0.6) is 0 Å². The summed E-state index contributed by atoms with van der Waals surface area (Å²) in [5.41, 5.74) is 0.685. The summed E-state index contributed by atoms with van der Waals surface area (Å²) in [6, 6.07) is 0.0552. The summed E-state index contributed by atoms with van der Waals surface area (Å²) in [5.74, 6) is 0. The van der Waals surface area contributed by atoms with Crippen LogP contribution in [0.1, 0.15) is 18.5 Å². The van der Waals surface area contributed by atoms with E-state index in [-0.39, 0.29) is 18.4 Å². The molecule has 1 atom stereocenters. The predicted octanol–water partition coefficient (Wildman–Crippen LogP) is 0.523. The van der Waals surface area contributed by atoms with Crippen LogP contribution in [0.4, 0.5) is 0 Å². The van der Waals surface area contributed by atoms with Gasteiger partial charge < -0.3 is 5.32 Å². The molecular formula is C11H21ClN4O2S. The van der Waals surface area contributed by atoms with Crippen LogP contribution in [0.15, 0.2) is 11.1 Å². The molecule has 8 heteroatoms. The zero-order valence-corrected chi connectivity index (χ0v) is 13.1. The molecule has 110 valence electrons. The van der Waals surface area contributed by atoms with Gasteiger partial charge >= 0.3 is 0 Å². The molecule has 2 heterocycles. The third-order valence-electron chi connectivity index (χ3n) is 3.54. The van der Waals surface area contributed by atoms with Gasteiger partial charge in [-0.15, -0.1) is 12.4 Å². The van der Waals surface area contributed by atoms with Gasteiger partial charge in [-0.1, -0.05) is 0 Å². The Morgan fingerprint density at radius 2 is 2.21 bits per heavy atom. The van der Waals surface area contributed by atoms with Crippen molar-refractivity contribution in [1.82, 2.24) is 19.4 Å². The minimum atomic E-state index is -3.41. The molecule has 1 aliphatic rings. The molecule has 6 nitrogen and oxygen atoms in total. The first-order valence-electron chi connectivity index (χ1n) is 6.13. The minimum Gasteiger partial charge on any atom is -0.318 e. The van der Waals surface area contributed by atoms with E-state index >= 15 is 0 Å². The van der Waals surface area contributed by atoms with Gasteiger partial charge in [0.15, 0.2) is 0 Å². The van der Waals surface area contributed by atoms with Crippen molar-refractivity contribution in [2.24, 2.45) is 7.05 Å². The highest BCUT2D eigenvalue weighted by Gasteiger charge is 2.36. The molecule has 2 rings (SSSR count). The van der Waals surface area contributed by atoms with Crippen LogP contribution >= 0.6 is 12.4 Å². The summed E-state index contributed by atoms with van der Waals surface area (Å²) in [7, 11) is 0.189.